The molecule has 1 aromatic heterocycles. The second-order valence-electron chi connectivity index (χ2n) is 3.71. The van der Waals surface area contributed by atoms with E-state index in [0.717, 1.165) is 35.4 Å². The van der Waals surface area contributed by atoms with Gasteiger partial charge in [-0.2, -0.15) is 5.10 Å². The Kier molecular flexibility index (Phi) is 1.45. The summed E-state index contributed by atoms with van der Waals surface area (Å²) in [6.07, 6.45) is 3.06. The van der Waals surface area contributed by atoms with E-state index >= 15 is 0 Å². The summed E-state index contributed by atoms with van der Waals surface area (Å²) in [6.45, 7) is 2.23. The Morgan fingerprint density at radius 1 is 1.36 bits per heavy atom. The van der Waals surface area contributed by atoms with Crippen LogP contribution < -0.4 is 10.6 Å². The number of nitrogens with two attached hydrogens (primary N) is 1. The molecule has 14 heavy (non-hydrogen) atoms. The Bertz CT molecular complexity index is 470. The van der Waals surface area contributed by atoms with Gasteiger partial charge in [0.2, 0.25) is 0 Å². The molecule has 2 aromatic rings. The van der Waals surface area contributed by atoms with Gasteiger partial charge >= 0.3 is 0 Å². The molecule has 0 spiro atoms. The topological polar surface area (TPSA) is 57.9 Å². The quantitative estimate of drug-likeness (QED) is 0.664. The molecule has 3 rings (SSSR count). The normalized spacial score (nSPS) is 15.9. The Balaban J connectivity index is 2.16. The van der Waals surface area contributed by atoms with Crippen molar-refractivity contribution in [2.75, 3.05) is 23.7 Å². The Morgan fingerprint density at radius 2 is 2.21 bits per heavy atom. The first kappa shape index (κ1) is 7.67. The Hall–Kier alpha value is -1.71. The molecule has 1 aromatic carbocycles. The number of nitrogen functional groups attached to an aromatic ring is 1. The van der Waals surface area contributed by atoms with Gasteiger partial charge in [-0.3, -0.25) is 5.10 Å². The molecule has 0 aliphatic carbocycles. The third kappa shape index (κ3) is 0.968. The van der Waals surface area contributed by atoms with E-state index in [9.17, 15) is 0 Å². The number of anilines is 2. The molecule has 72 valence electrons. The average Bonchev–Trinajstić information content (AvgIpc) is 2.48. The predicted octanol–water partition coefficient (Wildman–Crippen LogP) is 1.36. The van der Waals surface area contributed by atoms with Crippen LogP contribution in [0.5, 0.6) is 0 Å². The van der Waals surface area contributed by atoms with Crippen molar-refractivity contribution in [2.24, 2.45) is 0 Å². The lowest BCUT2D eigenvalue weighted by molar-refractivity contribution is 0.619. The van der Waals surface area contributed by atoms with Gasteiger partial charge in [-0.1, -0.05) is 0 Å². The number of benzene rings is 1. The van der Waals surface area contributed by atoms with Gasteiger partial charge in [0.25, 0.3) is 0 Å². The minimum absolute atomic E-state index is 0.846. The molecule has 1 fully saturated rings. The summed E-state index contributed by atoms with van der Waals surface area (Å²) in [7, 11) is 0. The van der Waals surface area contributed by atoms with Crippen molar-refractivity contribution >= 4 is 22.3 Å². The van der Waals surface area contributed by atoms with Crippen molar-refractivity contribution in [1.29, 1.82) is 0 Å². The smallest absolute Gasteiger partial charge is 0.0672 e. The summed E-state index contributed by atoms with van der Waals surface area (Å²) >= 11 is 0. The van der Waals surface area contributed by atoms with Crippen LogP contribution in [-0.2, 0) is 0 Å². The lowest BCUT2D eigenvalue weighted by atomic mass is 10.1. The number of nitrogens with zero attached hydrogens (tertiary/aromatic N) is 2. The van der Waals surface area contributed by atoms with Crippen molar-refractivity contribution in [1.82, 2.24) is 10.2 Å². The molecule has 0 atom stereocenters. The van der Waals surface area contributed by atoms with E-state index < -0.39 is 0 Å². The first-order valence-electron chi connectivity index (χ1n) is 4.82. The van der Waals surface area contributed by atoms with Gasteiger partial charge in [0.05, 0.1) is 23.1 Å². The standard InChI is InChI=1S/C10H12N4/c11-8-4-7-6-12-13-9(7)5-10(8)14-2-1-3-14/h4-6H,1-3,11H2,(H,12,13). The molecule has 1 aliphatic rings. The van der Waals surface area contributed by atoms with Crippen molar-refractivity contribution in [3.8, 4) is 0 Å². The summed E-state index contributed by atoms with van der Waals surface area (Å²) in [5, 5.41) is 8.02. The predicted molar refractivity (Wildman–Crippen MR) is 57.3 cm³/mol. The molecule has 4 nitrogen and oxygen atoms in total. The van der Waals surface area contributed by atoms with E-state index in [1.54, 1.807) is 6.20 Å². The van der Waals surface area contributed by atoms with E-state index in [1.807, 2.05) is 6.07 Å². The summed E-state index contributed by atoms with van der Waals surface area (Å²) in [6, 6.07) is 4.06. The van der Waals surface area contributed by atoms with Gasteiger partial charge < -0.3 is 10.6 Å². The molecule has 3 N–H and O–H groups in total. The molecule has 0 saturated carbocycles. The molecule has 4 heteroatoms. The maximum atomic E-state index is 5.97. The number of aromatic amines is 1. The number of nitrogens with one attached hydrogen (secondary N) is 1. The molecule has 1 aliphatic heterocycles. The number of hydrogen-bond acceptors (Lipinski definition) is 3. The third-order valence-corrected chi connectivity index (χ3v) is 2.78. The van der Waals surface area contributed by atoms with Crippen molar-refractivity contribution in [3.63, 3.8) is 0 Å². The molecule has 1 saturated heterocycles. The number of fused-ring (bicyclic) bond motifs is 1. The lowest BCUT2D eigenvalue weighted by Crippen LogP contribution is -2.37. The van der Waals surface area contributed by atoms with Gasteiger partial charge in [-0.15, -0.1) is 0 Å². The average molecular weight is 188 g/mol. The van der Waals surface area contributed by atoms with Crippen molar-refractivity contribution in [2.45, 2.75) is 6.42 Å². The first-order valence-corrected chi connectivity index (χ1v) is 4.82. The highest BCUT2D eigenvalue weighted by Gasteiger charge is 2.17. The molecular formula is C10H12N4. The molecule has 0 radical (unpaired) electrons. The van der Waals surface area contributed by atoms with Crippen LogP contribution in [0, 0.1) is 0 Å². The largest absolute Gasteiger partial charge is 0.397 e. The summed E-state index contributed by atoms with van der Waals surface area (Å²) in [5.41, 5.74) is 9.01. The zero-order valence-electron chi connectivity index (χ0n) is 7.83. The van der Waals surface area contributed by atoms with Crippen molar-refractivity contribution < 1.29 is 0 Å². The number of H-pyrrole nitrogens is 1. The highest BCUT2D eigenvalue weighted by atomic mass is 15.2. The van der Waals surface area contributed by atoms with Crippen LogP contribution in [0.2, 0.25) is 0 Å². The van der Waals surface area contributed by atoms with Crippen LogP contribution >= 0.6 is 0 Å². The Labute approximate surface area is 81.7 Å². The molecular weight excluding hydrogens is 176 g/mol. The highest BCUT2D eigenvalue weighted by Crippen LogP contribution is 2.30. The van der Waals surface area contributed by atoms with Gasteiger partial charge in [0.1, 0.15) is 0 Å². The van der Waals surface area contributed by atoms with Gasteiger partial charge in [-0.25, -0.2) is 0 Å². The van der Waals surface area contributed by atoms with E-state index in [0.29, 0.717) is 0 Å². The summed E-state index contributed by atoms with van der Waals surface area (Å²) in [4.78, 5) is 2.29. The summed E-state index contributed by atoms with van der Waals surface area (Å²) < 4.78 is 0. The van der Waals surface area contributed by atoms with Crippen LogP contribution in [0.1, 0.15) is 6.42 Å². The second-order valence-corrected chi connectivity index (χ2v) is 3.71. The summed E-state index contributed by atoms with van der Waals surface area (Å²) in [5.74, 6) is 0. The van der Waals surface area contributed by atoms with E-state index in [2.05, 4.69) is 21.2 Å². The number of rotatable bonds is 1. The minimum Gasteiger partial charge on any atom is -0.397 e. The van der Waals surface area contributed by atoms with Gasteiger partial charge in [0, 0.05) is 18.5 Å². The highest BCUT2D eigenvalue weighted by molar-refractivity contribution is 5.89. The van der Waals surface area contributed by atoms with Crippen LogP contribution in [0.4, 0.5) is 11.4 Å². The van der Waals surface area contributed by atoms with Gasteiger partial charge in [0.15, 0.2) is 0 Å². The maximum absolute atomic E-state index is 5.97. The van der Waals surface area contributed by atoms with E-state index in [4.69, 9.17) is 5.73 Å². The fraction of sp³-hybridized carbons (Fsp3) is 0.300. The fourth-order valence-electron chi connectivity index (χ4n) is 1.83. The molecule has 0 unspecified atom stereocenters. The monoisotopic (exact) mass is 188 g/mol. The lowest BCUT2D eigenvalue weighted by Gasteiger charge is -2.34. The number of aromatic nitrogens is 2. The van der Waals surface area contributed by atoms with E-state index in [1.165, 1.54) is 6.42 Å². The molecule has 0 amide bonds. The van der Waals surface area contributed by atoms with Crippen LogP contribution in [0.3, 0.4) is 0 Å². The fourth-order valence-corrected chi connectivity index (χ4v) is 1.83. The zero-order valence-corrected chi connectivity index (χ0v) is 7.83. The zero-order chi connectivity index (χ0) is 9.54. The second kappa shape index (κ2) is 2.64. The number of hydrogen-bond donors (Lipinski definition) is 2. The van der Waals surface area contributed by atoms with Gasteiger partial charge in [-0.05, 0) is 18.6 Å². The maximum Gasteiger partial charge on any atom is 0.0672 e. The van der Waals surface area contributed by atoms with E-state index in [-0.39, 0.29) is 0 Å². The van der Waals surface area contributed by atoms with Crippen LogP contribution in [0.25, 0.3) is 10.9 Å². The van der Waals surface area contributed by atoms with Crippen molar-refractivity contribution in [3.05, 3.63) is 18.3 Å². The minimum atomic E-state index is 0.846. The van der Waals surface area contributed by atoms with Crippen LogP contribution in [-0.4, -0.2) is 23.3 Å². The molecule has 2 heterocycles. The Morgan fingerprint density at radius 3 is 2.93 bits per heavy atom. The van der Waals surface area contributed by atoms with Crippen LogP contribution in [0.15, 0.2) is 18.3 Å². The SMILES string of the molecule is Nc1cc2cn[nH]c2cc1N1CCC1. The first-order chi connectivity index (χ1) is 6.84. The third-order valence-electron chi connectivity index (χ3n) is 2.78. The molecule has 0 bridgehead atoms.